The van der Waals surface area contributed by atoms with Crippen LogP contribution in [0, 0.1) is 6.92 Å². The Hall–Kier alpha value is -2.31. The van der Waals surface area contributed by atoms with Gasteiger partial charge >= 0.3 is 0 Å². The first-order chi connectivity index (χ1) is 12.0. The van der Waals surface area contributed by atoms with Crippen molar-refractivity contribution in [2.75, 3.05) is 5.32 Å². The van der Waals surface area contributed by atoms with E-state index in [1.54, 1.807) is 52.9 Å². The van der Waals surface area contributed by atoms with Crippen molar-refractivity contribution in [3.05, 3.63) is 63.5 Å². The first-order valence-electron chi connectivity index (χ1n) is 7.79. The lowest BCUT2D eigenvalue weighted by atomic mass is 10.2. The van der Waals surface area contributed by atoms with E-state index in [1.165, 1.54) is 0 Å². The Kier molecular flexibility index (Phi) is 5.11. The lowest BCUT2D eigenvalue weighted by Gasteiger charge is -2.07. The molecule has 0 unspecified atom stereocenters. The quantitative estimate of drug-likeness (QED) is 0.730. The monoisotopic (exact) mass is 377 g/mol. The number of nitrogens with one attached hydrogen (secondary N) is 1. The maximum absolute atomic E-state index is 12.4. The summed E-state index contributed by atoms with van der Waals surface area (Å²) in [6, 6.07) is 7.08. The zero-order chi connectivity index (χ0) is 18.0. The summed E-state index contributed by atoms with van der Waals surface area (Å²) in [5, 5.41) is 12.6. The molecule has 0 atom stereocenters. The summed E-state index contributed by atoms with van der Waals surface area (Å²) in [5.74, 6) is 0.218. The summed E-state index contributed by atoms with van der Waals surface area (Å²) in [4.78, 5) is 12.4. The fourth-order valence-electron chi connectivity index (χ4n) is 2.45. The minimum atomic E-state index is -0.238. The van der Waals surface area contributed by atoms with Gasteiger partial charge in [0.15, 0.2) is 5.82 Å². The molecule has 0 fully saturated rings. The number of hydrogen-bond acceptors (Lipinski definition) is 3. The van der Waals surface area contributed by atoms with E-state index >= 15 is 0 Å². The number of hydrogen-bond donors (Lipinski definition) is 1. The van der Waals surface area contributed by atoms with Crippen LogP contribution in [0.2, 0.25) is 10.0 Å². The number of benzene rings is 1. The second-order valence-corrected chi connectivity index (χ2v) is 6.35. The zero-order valence-corrected chi connectivity index (χ0v) is 15.3. The predicted molar refractivity (Wildman–Crippen MR) is 98.4 cm³/mol. The maximum atomic E-state index is 12.4. The van der Waals surface area contributed by atoms with E-state index in [1.807, 2.05) is 6.92 Å². The summed E-state index contributed by atoms with van der Waals surface area (Å²) >= 11 is 12.4. The van der Waals surface area contributed by atoms with Crippen LogP contribution in [0.3, 0.4) is 0 Å². The molecule has 2 aromatic heterocycles. The van der Waals surface area contributed by atoms with E-state index < -0.39 is 0 Å². The second-order valence-electron chi connectivity index (χ2n) is 5.54. The van der Waals surface area contributed by atoms with Gasteiger partial charge < -0.3 is 5.32 Å². The lowest BCUT2D eigenvalue weighted by molar-refractivity contribution is 0.102. The minimum Gasteiger partial charge on any atom is -0.305 e. The number of carbonyl (C=O) groups excluding carboxylic acids is 1. The van der Waals surface area contributed by atoms with Crippen LogP contribution in [0.5, 0.6) is 0 Å². The van der Waals surface area contributed by atoms with E-state index in [0.29, 0.717) is 40.2 Å². The molecule has 130 valence electrons. The molecule has 6 nitrogen and oxygen atoms in total. The van der Waals surface area contributed by atoms with Gasteiger partial charge in [-0.2, -0.15) is 10.2 Å². The number of carbonyl (C=O) groups is 1. The average molecular weight is 378 g/mol. The van der Waals surface area contributed by atoms with E-state index in [4.69, 9.17) is 23.2 Å². The third-order valence-electron chi connectivity index (χ3n) is 3.78. The highest BCUT2D eigenvalue weighted by molar-refractivity contribution is 6.35. The SMILES string of the molecule is CCn1cc(C(=O)Nc2ccn(Cc3c(Cl)cccc3Cl)n2)c(C)n1. The first-order valence-corrected chi connectivity index (χ1v) is 8.55. The number of aryl methyl sites for hydroxylation is 2. The molecule has 0 radical (unpaired) electrons. The van der Waals surface area contributed by atoms with Crippen LogP contribution in [0.15, 0.2) is 36.7 Å². The van der Waals surface area contributed by atoms with Crippen LogP contribution >= 0.6 is 23.2 Å². The summed E-state index contributed by atoms with van der Waals surface area (Å²) in [5.41, 5.74) is 2.00. The van der Waals surface area contributed by atoms with Gasteiger partial charge in [0.1, 0.15) is 0 Å². The standard InChI is InChI=1S/C17H17Cl2N5O/c1-3-23-9-12(11(2)21-23)17(25)20-16-7-8-24(22-16)10-13-14(18)5-4-6-15(13)19/h4-9H,3,10H2,1-2H3,(H,20,22,25). The van der Waals surface area contributed by atoms with Gasteiger partial charge in [-0.05, 0) is 26.0 Å². The Balaban J connectivity index is 1.73. The summed E-state index contributed by atoms with van der Waals surface area (Å²) < 4.78 is 3.40. The highest BCUT2D eigenvalue weighted by Gasteiger charge is 2.15. The van der Waals surface area contributed by atoms with Crippen molar-refractivity contribution in [1.82, 2.24) is 19.6 Å². The second kappa shape index (κ2) is 7.29. The molecule has 3 rings (SSSR count). The number of rotatable bonds is 5. The highest BCUT2D eigenvalue weighted by Crippen LogP contribution is 2.25. The van der Waals surface area contributed by atoms with Gasteiger partial charge in [0, 0.05) is 40.6 Å². The average Bonchev–Trinajstić information content (AvgIpc) is 3.17. The summed E-state index contributed by atoms with van der Waals surface area (Å²) in [7, 11) is 0. The summed E-state index contributed by atoms with van der Waals surface area (Å²) in [6.45, 7) is 4.90. The third-order valence-corrected chi connectivity index (χ3v) is 4.49. The molecule has 0 saturated heterocycles. The molecule has 0 saturated carbocycles. The van der Waals surface area contributed by atoms with Gasteiger partial charge in [0.05, 0.1) is 17.8 Å². The van der Waals surface area contributed by atoms with E-state index in [2.05, 4.69) is 15.5 Å². The predicted octanol–water partition coefficient (Wildman–Crippen LogP) is 4.02. The smallest absolute Gasteiger partial charge is 0.260 e. The molecule has 0 aliphatic carbocycles. The van der Waals surface area contributed by atoms with Crippen molar-refractivity contribution in [2.45, 2.75) is 26.9 Å². The molecule has 2 heterocycles. The fraction of sp³-hybridized carbons (Fsp3) is 0.235. The molecular weight excluding hydrogens is 361 g/mol. The third kappa shape index (κ3) is 3.86. The van der Waals surface area contributed by atoms with Crippen LogP contribution in [-0.2, 0) is 13.1 Å². The normalized spacial score (nSPS) is 10.9. The molecule has 1 amide bonds. The van der Waals surface area contributed by atoms with Gasteiger partial charge in [-0.15, -0.1) is 0 Å². The maximum Gasteiger partial charge on any atom is 0.260 e. The molecule has 3 aromatic rings. The van der Waals surface area contributed by atoms with Gasteiger partial charge in [-0.25, -0.2) is 0 Å². The van der Waals surface area contributed by atoms with Gasteiger partial charge in [0.2, 0.25) is 0 Å². The number of aromatic nitrogens is 4. The Morgan fingerprint density at radius 2 is 1.88 bits per heavy atom. The van der Waals surface area contributed by atoms with E-state index in [0.717, 1.165) is 5.56 Å². The van der Waals surface area contributed by atoms with Gasteiger partial charge in [-0.3, -0.25) is 14.2 Å². The van der Waals surface area contributed by atoms with Crippen LogP contribution in [0.1, 0.15) is 28.5 Å². The highest BCUT2D eigenvalue weighted by atomic mass is 35.5. The lowest BCUT2D eigenvalue weighted by Crippen LogP contribution is -2.13. The van der Waals surface area contributed by atoms with Crippen LogP contribution in [0.4, 0.5) is 5.82 Å². The van der Waals surface area contributed by atoms with Crippen LogP contribution < -0.4 is 5.32 Å². The number of nitrogens with zero attached hydrogens (tertiary/aromatic N) is 4. The molecule has 1 aromatic carbocycles. The Bertz CT molecular complexity index is 895. The minimum absolute atomic E-state index is 0.238. The molecule has 0 aliphatic heterocycles. The fourth-order valence-corrected chi connectivity index (χ4v) is 2.97. The Morgan fingerprint density at radius 3 is 2.52 bits per heavy atom. The number of amides is 1. The molecule has 0 bridgehead atoms. The van der Waals surface area contributed by atoms with Gasteiger partial charge in [-0.1, -0.05) is 29.3 Å². The molecular formula is C17H17Cl2N5O. The Morgan fingerprint density at radius 1 is 1.16 bits per heavy atom. The van der Waals surface area contributed by atoms with Crippen molar-refractivity contribution < 1.29 is 4.79 Å². The van der Waals surface area contributed by atoms with Crippen LogP contribution in [-0.4, -0.2) is 25.5 Å². The summed E-state index contributed by atoms with van der Waals surface area (Å²) in [6.07, 6.45) is 3.49. The molecule has 0 spiro atoms. The van der Waals surface area contributed by atoms with E-state index in [9.17, 15) is 4.79 Å². The topological polar surface area (TPSA) is 64.7 Å². The van der Waals surface area contributed by atoms with E-state index in [-0.39, 0.29) is 5.91 Å². The van der Waals surface area contributed by atoms with Crippen molar-refractivity contribution >= 4 is 34.9 Å². The molecule has 25 heavy (non-hydrogen) atoms. The number of halogens is 2. The zero-order valence-electron chi connectivity index (χ0n) is 13.8. The Labute approximate surface area is 155 Å². The van der Waals surface area contributed by atoms with Crippen molar-refractivity contribution in [3.8, 4) is 0 Å². The number of anilines is 1. The van der Waals surface area contributed by atoms with Crippen LogP contribution in [0.25, 0.3) is 0 Å². The van der Waals surface area contributed by atoms with Gasteiger partial charge in [0.25, 0.3) is 5.91 Å². The largest absolute Gasteiger partial charge is 0.305 e. The van der Waals surface area contributed by atoms with Crippen molar-refractivity contribution in [2.24, 2.45) is 0 Å². The van der Waals surface area contributed by atoms with Crippen molar-refractivity contribution in [1.29, 1.82) is 0 Å². The molecule has 1 N–H and O–H groups in total. The molecule has 0 aliphatic rings. The first kappa shape index (κ1) is 17.5. The molecule has 8 heteroatoms. The van der Waals surface area contributed by atoms with Crippen molar-refractivity contribution in [3.63, 3.8) is 0 Å².